The van der Waals surface area contributed by atoms with E-state index in [1.165, 1.54) is 6.92 Å². The molecule has 1 unspecified atom stereocenters. The molecule has 0 spiro atoms. The van der Waals surface area contributed by atoms with Crippen LogP contribution in [-0.4, -0.2) is 41.8 Å². The molecule has 0 heterocycles. The first-order valence-electron chi connectivity index (χ1n) is 8.24. The van der Waals surface area contributed by atoms with Gasteiger partial charge in [0, 0.05) is 24.9 Å². The Balaban J connectivity index is 2.98. The minimum Gasteiger partial charge on any atom is -0.466 e. The predicted molar refractivity (Wildman–Crippen MR) is 83.9 cm³/mol. The van der Waals surface area contributed by atoms with Gasteiger partial charge < -0.3 is 20.9 Å². The average molecular weight is 314 g/mol. The summed E-state index contributed by atoms with van der Waals surface area (Å²) < 4.78 is 5.03. The van der Waals surface area contributed by atoms with E-state index in [4.69, 9.17) is 10.5 Å². The van der Waals surface area contributed by atoms with Crippen LogP contribution >= 0.6 is 0 Å². The number of rotatable bonds is 7. The Hall–Kier alpha value is -1.14. The zero-order valence-corrected chi connectivity index (χ0v) is 14.0. The van der Waals surface area contributed by atoms with Crippen LogP contribution in [0.4, 0.5) is 0 Å². The Kier molecular flexibility index (Phi) is 7.29. The Morgan fingerprint density at radius 3 is 2.36 bits per heavy atom. The highest BCUT2D eigenvalue weighted by Gasteiger charge is 2.49. The fraction of sp³-hybridized carbons (Fsp3) is 0.875. The topological polar surface area (TPSA) is 102 Å². The van der Waals surface area contributed by atoms with Gasteiger partial charge in [0.15, 0.2) is 0 Å². The molecule has 1 saturated carbocycles. The van der Waals surface area contributed by atoms with Crippen molar-refractivity contribution in [1.29, 1.82) is 0 Å². The zero-order chi connectivity index (χ0) is 16.9. The fourth-order valence-corrected chi connectivity index (χ4v) is 3.63. The standard InChI is InChI=1S/C16H30N2O4/c1-5-10(6-2)14(18-9(4)19)13-12(17)8-11(15(13)20)16(21)22-7-3/h10-15,20H,5-8,17H2,1-4H3,(H,18,19)/t11-,12+,13+,14?,15+/m0/s1. The summed E-state index contributed by atoms with van der Waals surface area (Å²) in [5.41, 5.74) is 6.20. The van der Waals surface area contributed by atoms with Gasteiger partial charge in [-0.1, -0.05) is 26.7 Å². The number of carbonyl (C=O) groups excluding carboxylic acids is 2. The van der Waals surface area contributed by atoms with Crippen molar-refractivity contribution in [3.63, 3.8) is 0 Å². The van der Waals surface area contributed by atoms with E-state index in [1.54, 1.807) is 6.92 Å². The molecule has 1 aliphatic carbocycles. The maximum Gasteiger partial charge on any atom is 0.311 e. The lowest BCUT2D eigenvalue weighted by atomic mass is 9.80. The molecular weight excluding hydrogens is 284 g/mol. The van der Waals surface area contributed by atoms with Crippen LogP contribution < -0.4 is 11.1 Å². The van der Waals surface area contributed by atoms with Crippen molar-refractivity contribution in [3.05, 3.63) is 0 Å². The molecule has 128 valence electrons. The highest BCUT2D eigenvalue weighted by atomic mass is 16.5. The molecule has 1 fully saturated rings. The highest BCUT2D eigenvalue weighted by Crippen LogP contribution is 2.37. The van der Waals surface area contributed by atoms with E-state index in [9.17, 15) is 14.7 Å². The summed E-state index contributed by atoms with van der Waals surface area (Å²) in [5, 5.41) is 13.6. The molecule has 1 rings (SSSR count). The second kappa shape index (κ2) is 8.48. The molecule has 0 aliphatic heterocycles. The summed E-state index contributed by atoms with van der Waals surface area (Å²) in [4.78, 5) is 23.5. The SMILES string of the molecule is CCOC(=O)[C@H]1C[C@@H](N)[C@H](C(NC(C)=O)C(CC)CC)[C@@H]1O. The van der Waals surface area contributed by atoms with Crippen molar-refractivity contribution < 1.29 is 19.4 Å². The summed E-state index contributed by atoms with van der Waals surface area (Å²) in [6.45, 7) is 7.59. The lowest BCUT2D eigenvalue weighted by molar-refractivity contribution is -0.151. The number of ether oxygens (including phenoxy) is 1. The van der Waals surface area contributed by atoms with Crippen molar-refractivity contribution in [3.8, 4) is 0 Å². The lowest BCUT2D eigenvalue weighted by Crippen LogP contribution is -2.52. The van der Waals surface area contributed by atoms with E-state index in [-0.39, 0.29) is 36.4 Å². The van der Waals surface area contributed by atoms with Gasteiger partial charge in [0.2, 0.25) is 5.91 Å². The van der Waals surface area contributed by atoms with E-state index in [0.29, 0.717) is 6.42 Å². The van der Waals surface area contributed by atoms with E-state index >= 15 is 0 Å². The van der Waals surface area contributed by atoms with Gasteiger partial charge >= 0.3 is 5.97 Å². The molecule has 6 heteroatoms. The molecule has 0 aromatic heterocycles. The number of aliphatic hydroxyl groups excluding tert-OH is 1. The minimum absolute atomic E-state index is 0.143. The highest BCUT2D eigenvalue weighted by molar-refractivity contribution is 5.74. The summed E-state index contributed by atoms with van der Waals surface area (Å²) >= 11 is 0. The fourth-order valence-electron chi connectivity index (χ4n) is 3.63. The van der Waals surface area contributed by atoms with Gasteiger partial charge in [-0.3, -0.25) is 9.59 Å². The van der Waals surface area contributed by atoms with Crippen molar-refractivity contribution >= 4 is 11.9 Å². The second-order valence-electron chi connectivity index (χ2n) is 6.13. The quantitative estimate of drug-likeness (QED) is 0.604. The summed E-state index contributed by atoms with van der Waals surface area (Å²) in [5.74, 6) is -1.26. The maximum absolute atomic E-state index is 12.0. The average Bonchev–Trinajstić information content (AvgIpc) is 2.74. The maximum atomic E-state index is 12.0. The van der Waals surface area contributed by atoms with Crippen LogP contribution in [0.15, 0.2) is 0 Å². The molecule has 6 nitrogen and oxygen atoms in total. The molecule has 0 aromatic carbocycles. The monoisotopic (exact) mass is 314 g/mol. The Morgan fingerprint density at radius 1 is 1.32 bits per heavy atom. The van der Waals surface area contributed by atoms with Crippen LogP contribution in [0.3, 0.4) is 0 Å². The van der Waals surface area contributed by atoms with Gasteiger partial charge in [-0.15, -0.1) is 0 Å². The normalized spacial score (nSPS) is 29.4. The van der Waals surface area contributed by atoms with Crippen LogP contribution in [-0.2, 0) is 14.3 Å². The molecule has 0 radical (unpaired) electrons. The molecule has 4 N–H and O–H groups in total. The molecule has 1 amide bonds. The number of amides is 1. The van der Waals surface area contributed by atoms with Crippen LogP contribution in [0, 0.1) is 17.8 Å². The number of aliphatic hydroxyl groups is 1. The first kappa shape index (κ1) is 18.9. The van der Waals surface area contributed by atoms with Crippen molar-refractivity contribution in [1.82, 2.24) is 5.32 Å². The molecule has 0 saturated heterocycles. The number of hydrogen-bond donors (Lipinski definition) is 3. The summed E-state index contributed by atoms with van der Waals surface area (Å²) in [6.07, 6.45) is 1.26. The smallest absolute Gasteiger partial charge is 0.311 e. The van der Waals surface area contributed by atoms with E-state index < -0.39 is 18.0 Å². The van der Waals surface area contributed by atoms with Crippen molar-refractivity contribution in [2.45, 2.75) is 65.1 Å². The molecule has 0 bridgehead atoms. The molecule has 0 aromatic rings. The van der Waals surface area contributed by atoms with Gasteiger partial charge in [0.1, 0.15) is 0 Å². The van der Waals surface area contributed by atoms with Crippen LogP contribution in [0.2, 0.25) is 0 Å². The third-order valence-corrected chi connectivity index (χ3v) is 4.76. The molecule has 1 aliphatic rings. The second-order valence-corrected chi connectivity index (χ2v) is 6.13. The largest absolute Gasteiger partial charge is 0.466 e. The zero-order valence-electron chi connectivity index (χ0n) is 14.0. The van der Waals surface area contributed by atoms with Crippen LogP contribution in [0.5, 0.6) is 0 Å². The van der Waals surface area contributed by atoms with E-state index in [1.807, 2.05) is 0 Å². The summed E-state index contributed by atoms with van der Waals surface area (Å²) in [6, 6.07) is -0.557. The van der Waals surface area contributed by atoms with Crippen molar-refractivity contribution in [2.24, 2.45) is 23.5 Å². The van der Waals surface area contributed by atoms with Crippen molar-refractivity contribution in [2.75, 3.05) is 6.61 Å². The number of esters is 1. The Morgan fingerprint density at radius 2 is 1.91 bits per heavy atom. The first-order valence-corrected chi connectivity index (χ1v) is 8.24. The third-order valence-electron chi connectivity index (χ3n) is 4.76. The summed E-state index contributed by atoms with van der Waals surface area (Å²) in [7, 11) is 0. The molecule has 5 atom stereocenters. The number of nitrogens with two attached hydrogens (primary N) is 1. The van der Waals surface area contributed by atoms with Gasteiger partial charge in [0.25, 0.3) is 0 Å². The van der Waals surface area contributed by atoms with E-state index in [2.05, 4.69) is 19.2 Å². The Labute approximate surface area is 132 Å². The van der Waals surface area contributed by atoms with Crippen LogP contribution in [0.1, 0.15) is 47.0 Å². The van der Waals surface area contributed by atoms with E-state index in [0.717, 1.165) is 12.8 Å². The number of hydrogen-bond acceptors (Lipinski definition) is 5. The predicted octanol–water partition coefficient (Wildman–Crippen LogP) is 0.815. The minimum atomic E-state index is -0.883. The first-order chi connectivity index (χ1) is 10.4. The van der Waals surface area contributed by atoms with Gasteiger partial charge in [-0.05, 0) is 19.3 Å². The van der Waals surface area contributed by atoms with Gasteiger partial charge in [-0.25, -0.2) is 0 Å². The lowest BCUT2D eigenvalue weighted by Gasteiger charge is -2.35. The van der Waals surface area contributed by atoms with Gasteiger partial charge in [0.05, 0.1) is 18.6 Å². The molecule has 22 heavy (non-hydrogen) atoms. The molecular formula is C16H30N2O4. The third kappa shape index (κ3) is 4.20. The van der Waals surface area contributed by atoms with Crippen LogP contribution in [0.25, 0.3) is 0 Å². The van der Waals surface area contributed by atoms with Gasteiger partial charge in [-0.2, -0.15) is 0 Å². The Bertz CT molecular complexity index is 384. The number of nitrogens with one attached hydrogen (secondary N) is 1. The number of carbonyl (C=O) groups is 2.